The molecule has 17 N–H and O–H groups in total. The van der Waals surface area contributed by atoms with Crippen molar-refractivity contribution in [3.05, 3.63) is 100 Å². The first-order valence-corrected chi connectivity index (χ1v) is 46.1. The van der Waals surface area contributed by atoms with Gasteiger partial charge in [-0.2, -0.15) is 46.5 Å². The summed E-state index contributed by atoms with van der Waals surface area (Å²) in [5, 5.41) is 20.7. The SMILES string of the molecule is C.C.C.C.C.CCC(OC(C)=O)[C@@H]1CC(=O)[C@H](n2c(=O)sc3c(=O)[nH]c(N)nc32)O1.CCC(OC(C)=O)[C@@H]1C[C@@H](O)[C@H](n2c(=O)sc3c(=O)[nH]c(N)nc32)O1.CCC(OC(C)=O)[C@@H]1C[C@@H](OC(C)=O)[C@H](n2c(=O)sc3c(=O)[nH]c(N)nc32)O1.CCC(OC(C)=O)[C@@H]1C[C@H](O)[C@H](n2c(=O)sc3c(=O)[nH]c(N)nc32)O1.CCC(OC(C)=O)[C@@H]1C[C@H](OS(=O)(=O)C(F)(F)F)[C@H](n2c(=O)sc3c(=O)[nH]c(N)nc32)O1. The van der Waals surface area contributed by atoms with Crippen molar-refractivity contribution in [2.75, 3.05) is 28.7 Å². The number of H-pyrrole nitrogens is 5. The predicted octanol–water partition coefficient (Wildman–Crippen LogP) is 3.43. The first-order valence-electron chi connectivity index (χ1n) is 40.6. The summed E-state index contributed by atoms with van der Waals surface area (Å²) in [6.07, 6.45) is -15.4. The Morgan fingerprint density at radius 1 is 0.386 bits per heavy atom. The molecular weight excluding hydrogens is 1990 g/mol. The van der Waals surface area contributed by atoms with Crippen LogP contribution in [0.25, 0.3) is 51.7 Å². The maximum Gasteiger partial charge on any atom is 0.523 e. The number of anilines is 5. The lowest BCUT2D eigenvalue weighted by atomic mass is 10.1. The smallest absolute Gasteiger partial charge is 0.460 e. The van der Waals surface area contributed by atoms with Crippen molar-refractivity contribution >= 4 is 190 Å². The number of esters is 6. The quantitative estimate of drug-likeness (QED) is 0.0189. The molecule has 5 aliphatic heterocycles. The fourth-order valence-corrected chi connectivity index (χ4v) is 20.0. The molecule has 0 radical (unpaired) electrons. The van der Waals surface area contributed by atoms with E-state index in [1.54, 1.807) is 13.8 Å². The van der Waals surface area contributed by atoms with Crippen molar-refractivity contribution in [3.63, 3.8) is 0 Å². The molecule has 53 nitrogen and oxygen atoms in total. The number of hydrogen-bond donors (Lipinski definition) is 12. The third kappa shape index (κ3) is 25.7. The molecule has 19 atom stereocenters. The highest BCUT2D eigenvalue weighted by Crippen LogP contribution is 2.42. The number of nitrogens with two attached hydrogens (primary N) is 5. The summed E-state index contributed by atoms with van der Waals surface area (Å²) >= 11 is 3.15. The normalized spacial score (nSPS) is 22.4. The summed E-state index contributed by atoms with van der Waals surface area (Å²) in [5.41, 5.74) is 18.9. The highest BCUT2D eigenvalue weighted by molar-refractivity contribution is 7.87. The highest BCUT2D eigenvalue weighted by atomic mass is 32.2. The van der Waals surface area contributed by atoms with Crippen LogP contribution in [0.1, 0.15) is 209 Å². The summed E-state index contributed by atoms with van der Waals surface area (Å²) < 4.78 is 132. The van der Waals surface area contributed by atoms with E-state index in [1.807, 2.05) is 20.8 Å². The number of rotatable bonds is 23. The third-order valence-electron chi connectivity index (χ3n) is 20.6. The first kappa shape index (κ1) is 116. The fourth-order valence-electron chi connectivity index (χ4n) is 15.2. The van der Waals surface area contributed by atoms with Crippen LogP contribution in [0.5, 0.6) is 0 Å². The third-order valence-corrected chi connectivity index (χ3v) is 26.4. The van der Waals surface area contributed by atoms with Crippen molar-refractivity contribution in [1.29, 1.82) is 0 Å². The fraction of sp³-hybridized carbons (Fsp3) is 0.590. The van der Waals surface area contributed by atoms with Crippen LogP contribution >= 0.6 is 56.7 Å². The Hall–Kier alpha value is -12.2. The van der Waals surface area contributed by atoms with E-state index in [0.29, 0.717) is 86.9 Å². The van der Waals surface area contributed by atoms with Gasteiger partial charge < -0.3 is 91.0 Å². The molecule has 10 aromatic rings. The van der Waals surface area contributed by atoms with Crippen molar-refractivity contribution in [1.82, 2.24) is 72.7 Å². The Labute approximate surface area is 808 Å². The number of carbonyl (C=O) groups is 7. The van der Waals surface area contributed by atoms with Crippen LogP contribution in [-0.4, -0.2) is 224 Å². The van der Waals surface area contributed by atoms with Crippen LogP contribution in [0.2, 0.25) is 0 Å². The molecule has 5 saturated heterocycles. The monoisotopic (exact) mass is 2100 g/mol. The average Bonchev–Trinajstić information content (AvgIpc) is 1.61. The van der Waals surface area contributed by atoms with Gasteiger partial charge in [0.15, 0.2) is 65.2 Å². The van der Waals surface area contributed by atoms with Crippen molar-refractivity contribution < 1.29 is 122 Å². The van der Waals surface area contributed by atoms with E-state index in [0.717, 1.165) is 25.2 Å². The molecule has 140 heavy (non-hydrogen) atoms. The molecule has 0 amide bonds. The van der Waals surface area contributed by atoms with E-state index in [1.165, 1.54) is 34.6 Å². The van der Waals surface area contributed by atoms with Gasteiger partial charge in [0.2, 0.25) is 29.7 Å². The minimum Gasteiger partial charge on any atom is -0.460 e. The van der Waals surface area contributed by atoms with Gasteiger partial charge in [-0.3, -0.25) is 129 Å². The standard InChI is InChI=1S/C16H20N4O7S.C15H17F3N4O8S2.2C14H18N4O6S.C14H16N4O6S.5CH4/c1-4-8(25-6(2)21)9-5-10(26-7(3)22)14(27-9)20-12-11(28-16(20)24)13(23)19-15(17)18-12;1-3-6(28-5(2)23)7-4-8(30-32(26,27)15(16,17)18)12(29-7)22-10-9(31-14(22)25)11(24)21-13(19)20-10;3*1-3-7(23-5(2)19)8-4-6(20)12(24-8)18-10-9(25-14(18)22)11(21)17-13(15)16-10;;;;;/h8-10,14H,4-5H2,1-3H3,(H3,17,18,19,23);6-8,12H,3-4H2,1-2H3,(H3,19,20,21,24);2*6-8,12,20H,3-4H2,1-2H3,(H3,15,16,17,21);7-8,12H,3-4H2,1-2H3,(H3,15,16,17,21);5*1H4/t8?,9-,10+,14+;6?,7-,8-,12+;6-,7?,8+,12-;6-,7?,8-,12+;7?,8-,12+;;;;;/m00100...../s1. The molecule has 0 saturated carbocycles. The number of thiazole rings is 5. The van der Waals surface area contributed by atoms with Gasteiger partial charge in [0.1, 0.15) is 90.6 Å². The lowest BCUT2D eigenvalue weighted by molar-refractivity contribution is -0.159. The van der Waals surface area contributed by atoms with Crippen molar-refractivity contribution in [2.45, 2.75) is 300 Å². The van der Waals surface area contributed by atoms with Crippen LogP contribution in [0.4, 0.5) is 42.9 Å². The maximum atomic E-state index is 12.9. The molecule has 0 bridgehead atoms. The van der Waals surface area contributed by atoms with E-state index in [-0.39, 0.29) is 151 Å². The molecule has 10 aromatic heterocycles. The van der Waals surface area contributed by atoms with E-state index >= 15 is 0 Å². The number of aliphatic hydroxyl groups is 2. The van der Waals surface area contributed by atoms with Crippen molar-refractivity contribution in [2.24, 2.45) is 0 Å². The summed E-state index contributed by atoms with van der Waals surface area (Å²) in [5.74, 6) is -4.48. The zero-order valence-corrected chi connectivity index (χ0v) is 77.4. The molecule has 62 heteroatoms. The van der Waals surface area contributed by atoms with Gasteiger partial charge in [-0.25, -0.2) is 4.57 Å². The minimum atomic E-state index is -6.08. The molecule has 15 rings (SSSR count). The Bertz CT molecular complexity index is 6820. The molecular formula is C78H109F3N20O33S6. The van der Waals surface area contributed by atoms with Gasteiger partial charge in [-0.15, -0.1) is 0 Å². The van der Waals surface area contributed by atoms with E-state index in [2.05, 4.69) is 54.0 Å². The molecule has 776 valence electrons. The zero-order valence-electron chi connectivity index (χ0n) is 72.5. The maximum absolute atomic E-state index is 12.9. The summed E-state index contributed by atoms with van der Waals surface area (Å²) in [4.78, 5) is 231. The van der Waals surface area contributed by atoms with Gasteiger partial charge in [-0.05, 0) is 32.1 Å². The highest BCUT2D eigenvalue weighted by Gasteiger charge is 2.54. The number of aromatic amines is 5. The van der Waals surface area contributed by atoms with Gasteiger partial charge >= 0.3 is 75.8 Å². The number of ether oxygens (including phenoxy) is 11. The molecule has 15 heterocycles. The molecule has 0 spiro atoms. The zero-order chi connectivity index (χ0) is 99.5. The molecule has 5 aliphatic rings. The first-order chi connectivity index (χ1) is 63.4. The Kier molecular flexibility index (Phi) is 39.8. The van der Waals surface area contributed by atoms with Gasteiger partial charge in [0.05, 0.1) is 18.3 Å². The van der Waals surface area contributed by atoms with Crippen LogP contribution in [-0.2, 0) is 100.0 Å². The van der Waals surface area contributed by atoms with Crippen molar-refractivity contribution in [3.8, 4) is 0 Å². The van der Waals surface area contributed by atoms with Gasteiger partial charge in [0.25, 0.3) is 27.8 Å². The number of Topliss-reactive ketones (excluding diaryl/α,β-unsaturated/α-hetero) is 1. The number of ketones is 1. The number of hydrogen-bond acceptors (Lipinski definition) is 48. The number of aromatic nitrogens is 15. The molecule has 0 aromatic carbocycles. The molecule has 0 aliphatic carbocycles. The Morgan fingerprint density at radius 2 is 0.621 bits per heavy atom. The van der Waals surface area contributed by atoms with Crippen LogP contribution in [0.15, 0.2) is 47.9 Å². The number of halogens is 3. The topological polar surface area (TPSA) is 774 Å². The second-order valence-electron chi connectivity index (χ2n) is 30.2. The summed E-state index contributed by atoms with van der Waals surface area (Å²) in [6, 6.07) is 0. The summed E-state index contributed by atoms with van der Waals surface area (Å²) in [6.45, 7) is 16.3. The van der Waals surface area contributed by atoms with E-state index in [9.17, 15) is 113 Å². The Balaban J connectivity index is 0.000000267. The van der Waals surface area contributed by atoms with E-state index < -0.39 is 233 Å². The number of carbonyl (C=O) groups excluding carboxylic acids is 7. The lowest BCUT2D eigenvalue weighted by Crippen LogP contribution is -2.35. The lowest BCUT2D eigenvalue weighted by Gasteiger charge is -2.22. The second-order valence-corrected chi connectivity index (χ2v) is 36.6. The second kappa shape index (κ2) is 47.8. The van der Waals surface area contributed by atoms with Gasteiger partial charge in [0, 0.05) is 73.6 Å². The number of fused-ring (bicyclic) bond motifs is 5. The van der Waals surface area contributed by atoms with Crippen LogP contribution in [0.3, 0.4) is 0 Å². The molecule has 5 fully saturated rings. The Morgan fingerprint density at radius 3 is 0.886 bits per heavy atom. The van der Waals surface area contributed by atoms with Crippen LogP contribution in [0, 0.1) is 0 Å². The average molecular weight is 2100 g/mol. The number of nitrogens with one attached hydrogen (secondary N) is 5. The van der Waals surface area contributed by atoms with Gasteiger partial charge in [-0.1, -0.05) is 128 Å². The van der Waals surface area contributed by atoms with E-state index in [4.69, 9.17) is 80.8 Å². The minimum absolute atomic E-state index is 0. The van der Waals surface area contributed by atoms with Crippen LogP contribution < -0.4 is 80.8 Å². The number of nitrogens with zero attached hydrogens (tertiary/aromatic N) is 10. The predicted molar refractivity (Wildman–Crippen MR) is 503 cm³/mol. The number of alkyl halides is 3. The summed E-state index contributed by atoms with van der Waals surface area (Å²) in [7, 11) is -6.08. The largest absolute Gasteiger partial charge is 0.523 e. The number of aliphatic hydroxyl groups excluding tert-OH is 2. The number of nitrogen functional groups attached to an aromatic ring is 5. The molecule has 5 unspecified atom stereocenters.